The normalized spacial score (nSPS) is 10.1. The van der Waals surface area contributed by atoms with Gasteiger partial charge in [0, 0.05) is 17.9 Å². The third-order valence-corrected chi connectivity index (χ3v) is 3.18. The van der Waals surface area contributed by atoms with Crippen LogP contribution in [0.5, 0.6) is 0 Å². The van der Waals surface area contributed by atoms with Crippen LogP contribution in [-0.2, 0) is 4.79 Å². The van der Waals surface area contributed by atoms with E-state index in [2.05, 4.69) is 5.32 Å². The molecule has 2 aromatic carbocycles. The molecule has 1 N–H and O–H groups in total. The van der Waals surface area contributed by atoms with Crippen molar-refractivity contribution in [2.24, 2.45) is 0 Å². The summed E-state index contributed by atoms with van der Waals surface area (Å²) < 4.78 is 0. The van der Waals surface area contributed by atoms with Crippen LogP contribution >= 0.6 is 0 Å². The van der Waals surface area contributed by atoms with Gasteiger partial charge in [-0.3, -0.25) is 4.79 Å². The SMILES string of the molecule is CCN(C(=O)CNc1ccccc1)c1ccc(C)cc1. The van der Waals surface area contributed by atoms with Crippen molar-refractivity contribution in [3.63, 3.8) is 0 Å². The Hall–Kier alpha value is -2.29. The van der Waals surface area contributed by atoms with E-state index >= 15 is 0 Å². The predicted molar refractivity (Wildman–Crippen MR) is 84.1 cm³/mol. The van der Waals surface area contributed by atoms with E-state index in [4.69, 9.17) is 0 Å². The smallest absolute Gasteiger partial charge is 0.246 e. The molecule has 0 radical (unpaired) electrons. The molecule has 0 aliphatic heterocycles. The first-order chi connectivity index (χ1) is 9.70. The number of hydrogen-bond acceptors (Lipinski definition) is 2. The predicted octanol–water partition coefficient (Wildman–Crippen LogP) is 3.46. The van der Waals surface area contributed by atoms with Crippen LogP contribution in [0.15, 0.2) is 54.6 Å². The Balaban J connectivity index is 2.00. The highest BCUT2D eigenvalue weighted by Crippen LogP contribution is 2.15. The monoisotopic (exact) mass is 268 g/mol. The number of carbonyl (C=O) groups is 1. The second-order valence-electron chi connectivity index (χ2n) is 4.69. The van der Waals surface area contributed by atoms with Crippen LogP contribution in [0.25, 0.3) is 0 Å². The van der Waals surface area contributed by atoms with E-state index in [0.717, 1.165) is 11.4 Å². The van der Waals surface area contributed by atoms with E-state index in [0.29, 0.717) is 13.1 Å². The van der Waals surface area contributed by atoms with Crippen molar-refractivity contribution in [3.05, 3.63) is 60.2 Å². The minimum Gasteiger partial charge on any atom is -0.376 e. The van der Waals surface area contributed by atoms with Gasteiger partial charge in [0.05, 0.1) is 6.54 Å². The zero-order valence-corrected chi connectivity index (χ0v) is 12.0. The molecular formula is C17H20N2O. The zero-order chi connectivity index (χ0) is 14.4. The molecule has 0 aliphatic carbocycles. The summed E-state index contributed by atoms with van der Waals surface area (Å²) in [5.74, 6) is 0.0696. The van der Waals surface area contributed by atoms with Crippen molar-refractivity contribution in [1.29, 1.82) is 0 Å². The molecule has 2 aromatic rings. The van der Waals surface area contributed by atoms with Crippen molar-refractivity contribution in [1.82, 2.24) is 0 Å². The lowest BCUT2D eigenvalue weighted by Crippen LogP contribution is -2.35. The summed E-state index contributed by atoms with van der Waals surface area (Å²) in [6.07, 6.45) is 0. The van der Waals surface area contributed by atoms with Gasteiger partial charge in [0.15, 0.2) is 0 Å². The summed E-state index contributed by atoms with van der Waals surface area (Å²) in [4.78, 5) is 14.1. The number of benzene rings is 2. The molecule has 0 saturated carbocycles. The van der Waals surface area contributed by atoms with Gasteiger partial charge in [-0.05, 0) is 38.1 Å². The summed E-state index contributed by atoms with van der Waals surface area (Å²) in [7, 11) is 0. The maximum atomic E-state index is 12.3. The fourth-order valence-electron chi connectivity index (χ4n) is 2.06. The molecule has 3 nitrogen and oxygen atoms in total. The minimum atomic E-state index is 0.0696. The summed E-state index contributed by atoms with van der Waals surface area (Å²) in [5, 5.41) is 3.15. The molecule has 0 saturated heterocycles. The van der Waals surface area contributed by atoms with Gasteiger partial charge in [-0.1, -0.05) is 35.9 Å². The Morgan fingerprint density at radius 2 is 1.70 bits per heavy atom. The number of nitrogens with zero attached hydrogens (tertiary/aromatic N) is 1. The van der Waals surface area contributed by atoms with Crippen molar-refractivity contribution in [3.8, 4) is 0 Å². The van der Waals surface area contributed by atoms with Gasteiger partial charge >= 0.3 is 0 Å². The number of amides is 1. The molecular weight excluding hydrogens is 248 g/mol. The first-order valence-electron chi connectivity index (χ1n) is 6.86. The Morgan fingerprint density at radius 1 is 1.05 bits per heavy atom. The van der Waals surface area contributed by atoms with E-state index in [1.54, 1.807) is 4.90 Å². The number of nitrogens with one attached hydrogen (secondary N) is 1. The molecule has 3 heteroatoms. The largest absolute Gasteiger partial charge is 0.376 e. The molecule has 0 heterocycles. The highest BCUT2D eigenvalue weighted by molar-refractivity contribution is 5.96. The van der Waals surface area contributed by atoms with Crippen LogP contribution in [0.2, 0.25) is 0 Å². The van der Waals surface area contributed by atoms with Crippen LogP contribution in [-0.4, -0.2) is 19.0 Å². The Bertz CT molecular complexity index is 549. The van der Waals surface area contributed by atoms with Gasteiger partial charge in [0.1, 0.15) is 0 Å². The first kappa shape index (κ1) is 14.1. The van der Waals surface area contributed by atoms with Crippen molar-refractivity contribution >= 4 is 17.3 Å². The standard InChI is InChI=1S/C17H20N2O/c1-3-19(16-11-9-14(2)10-12-16)17(20)13-18-15-7-5-4-6-8-15/h4-12,18H,3,13H2,1-2H3. The molecule has 104 valence electrons. The van der Waals surface area contributed by atoms with Crippen LogP contribution < -0.4 is 10.2 Å². The quantitative estimate of drug-likeness (QED) is 0.900. The summed E-state index contributed by atoms with van der Waals surface area (Å²) in [6, 6.07) is 17.8. The Morgan fingerprint density at radius 3 is 2.30 bits per heavy atom. The number of likely N-dealkylation sites (N-methyl/N-ethyl adjacent to an activating group) is 1. The number of carbonyl (C=O) groups excluding carboxylic acids is 1. The number of hydrogen-bond donors (Lipinski definition) is 1. The lowest BCUT2D eigenvalue weighted by atomic mass is 10.2. The fourth-order valence-corrected chi connectivity index (χ4v) is 2.06. The molecule has 0 unspecified atom stereocenters. The fraction of sp³-hybridized carbons (Fsp3) is 0.235. The lowest BCUT2D eigenvalue weighted by molar-refractivity contribution is -0.116. The molecule has 1 amide bonds. The minimum absolute atomic E-state index is 0.0696. The number of para-hydroxylation sites is 1. The second kappa shape index (κ2) is 6.75. The van der Waals surface area contributed by atoms with Crippen molar-refractivity contribution < 1.29 is 4.79 Å². The maximum absolute atomic E-state index is 12.3. The average molecular weight is 268 g/mol. The van der Waals surface area contributed by atoms with Gasteiger partial charge in [0.25, 0.3) is 0 Å². The number of aryl methyl sites for hydroxylation is 1. The third-order valence-electron chi connectivity index (χ3n) is 3.18. The van der Waals surface area contributed by atoms with Gasteiger partial charge in [0.2, 0.25) is 5.91 Å². The van der Waals surface area contributed by atoms with Crippen LogP contribution in [0.4, 0.5) is 11.4 Å². The van der Waals surface area contributed by atoms with E-state index in [9.17, 15) is 4.79 Å². The average Bonchev–Trinajstić information content (AvgIpc) is 2.49. The van der Waals surface area contributed by atoms with Crippen LogP contribution in [0.3, 0.4) is 0 Å². The van der Waals surface area contributed by atoms with Gasteiger partial charge in [-0.25, -0.2) is 0 Å². The van der Waals surface area contributed by atoms with E-state index in [1.165, 1.54) is 5.56 Å². The molecule has 0 aromatic heterocycles. The summed E-state index contributed by atoms with van der Waals surface area (Å²) in [6.45, 7) is 4.99. The van der Waals surface area contributed by atoms with Gasteiger partial charge in [-0.2, -0.15) is 0 Å². The first-order valence-corrected chi connectivity index (χ1v) is 6.86. The highest BCUT2D eigenvalue weighted by atomic mass is 16.2. The summed E-state index contributed by atoms with van der Waals surface area (Å²) >= 11 is 0. The topological polar surface area (TPSA) is 32.3 Å². The molecule has 0 fully saturated rings. The molecule has 0 spiro atoms. The molecule has 20 heavy (non-hydrogen) atoms. The Kier molecular flexibility index (Phi) is 4.77. The molecule has 2 rings (SSSR count). The van der Waals surface area contributed by atoms with E-state index in [1.807, 2.05) is 68.4 Å². The van der Waals surface area contributed by atoms with E-state index in [-0.39, 0.29) is 5.91 Å². The van der Waals surface area contributed by atoms with Crippen LogP contribution in [0, 0.1) is 6.92 Å². The highest BCUT2D eigenvalue weighted by Gasteiger charge is 2.13. The van der Waals surface area contributed by atoms with Crippen molar-refractivity contribution in [2.75, 3.05) is 23.3 Å². The maximum Gasteiger partial charge on any atom is 0.246 e. The van der Waals surface area contributed by atoms with Gasteiger partial charge < -0.3 is 10.2 Å². The Labute approximate surface area is 120 Å². The van der Waals surface area contributed by atoms with Crippen molar-refractivity contribution in [2.45, 2.75) is 13.8 Å². The second-order valence-corrected chi connectivity index (χ2v) is 4.69. The zero-order valence-electron chi connectivity index (χ0n) is 12.0. The van der Waals surface area contributed by atoms with Gasteiger partial charge in [-0.15, -0.1) is 0 Å². The summed E-state index contributed by atoms with van der Waals surface area (Å²) in [5.41, 5.74) is 3.10. The molecule has 0 atom stereocenters. The number of anilines is 2. The number of rotatable bonds is 5. The van der Waals surface area contributed by atoms with E-state index < -0.39 is 0 Å². The molecule has 0 aliphatic rings. The molecule has 0 bridgehead atoms. The van der Waals surface area contributed by atoms with Crippen LogP contribution in [0.1, 0.15) is 12.5 Å². The third kappa shape index (κ3) is 3.60. The lowest BCUT2D eigenvalue weighted by Gasteiger charge is -2.21.